The summed E-state index contributed by atoms with van der Waals surface area (Å²) in [5, 5.41) is 21.6. The van der Waals surface area contributed by atoms with Crippen molar-refractivity contribution >= 4 is 12.0 Å². The second kappa shape index (κ2) is 11.2. The highest BCUT2D eigenvalue weighted by Gasteiger charge is 2.41. The van der Waals surface area contributed by atoms with E-state index in [1.54, 1.807) is 12.5 Å². The average Bonchev–Trinajstić information content (AvgIpc) is 3.64. The number of rotatable bonds is 8. The smallest absolute Gasteiger partial charge is 0.405 e. The van der Waals surface area contributed by atoms with E-state index in [4.69, 9.17) is 0 Å². The number of carboxylic acid groups (broad SMARTS) is 1. The number of carbonyl (C=O) groups is 2. The molecule has 0 aliphatic carbocycles. The Balaban J connectivity index is 1.67. The zero-order chi connectivity index (χ0) is 27.2. The van der Waals surface area contributed by atoms with Crippen LogP contribution < -0.4 is 5.32 Å². The highest BCUT2D eigenvalue weighted by molar-refractivity contribution is 5.86. The summed E-state index contributed by atoms with van der Waals surface area (Å²) in [4.78, 5) is 31.3. The van der Waals surface area contributed by atoms with Crippen molar-refractivity contribution in [2.45, 2.75) is 36.9 Å². The number of imidazole rings is 1. The molecule has 3 aromatic carbocycles. The Kier molecular flexibility index (Phi) is 7.41. The fraction of sp³-hybridized carbons (Fsp3) is 0.226. The van der Waals surface area contributed by atoms with Gasteiger partial charge in [-0.25, -0.2) is 9.78 Å². The number of benzene rings is 3. The Hall–Kier alpha value is -4.90. The minimum Gasteiger partial charge on any atom is -0.465 e. The van der Waals surface area contributed by atoms with Gasteiger partial charge in [-0.3, -0.25) is 4.79 Å². The van der Waals surface area contributed by atoms with E-state index in [-0.39, 0.29) is 6.42 Å². The van der Waals surface area contributed by atoms with Crippen LogP contribution in [0.4, 0.5) is 4.79 Å². The molecule has 5 rings (SSSR count). The van der Waals surface area contributed by atoms with Crippen molar-refractivity contribution in [3.63, 3.8) is 0 Å². The van der Waals surface area contributed by atoms with Gasteiger partial charge in [0, 0.05) is 24.9 Å². The molecule has 8 nitrogen and oxygen atoms in total. The van der Waals surface area contributed by atoms with Crippen molar-refractivity contribution in [1.29, 1.82) is 5.26 Å². The minimum atomic E-state index is -1.30. The van der Waals surface area contributed by atoms with Gasteiger partial charge in [-0.1, -0.05) is 91.0 Å². The molecule has 2 heterocycles. The number of aromatic nitrogens is 2. The zero-order valence-corrected chi connectivity index (χ0v) is 21.4. The Morgan fingerprint density at radius 2 is 1.51 bits per heavy atom. The molecule has 1 saturated heterocycles. The van der Waals surface area contributed by atoms with E-state index >= 15 is 0 Å². The van der Waals surface area contributed by atoms with Crippen LogP contribution in [-0.2, 0) is 16.8 Å². The van der Waals surface area contributed by atoms with Crippen LogP contribution in [-0.4, -0.2) is 50.2 Å². The van der Waals surface area contributed by atoms with E-state index in [1.807, 2.05) is 59.2 Å². The molecule has 2 atom stereocenters. The van der Waals surface area contributed by atoms with Crippen molar-refractivity contribution in [2.75, 3.05) is 6.54 Å². The van der Waals surface area contributed by atoms with Gasteiger partial charge in [0.1, 0.15) is 17.6 Å². The van der Waals surface area contributed by atoms with Crippen LogP contribution in [0, 0.1) is 11.3 Å². The molecule has 1 unspecified atom stereocenters. The summed E-state index contributed by atoms with van der Waals surface area (Å²) in [5.41, 5.74) is 2.78. The van der Waals surface area contributed by atoms with E-state index in [0.717, 1.165) is 16.7 Å². The number of hydrogen-bond acceptors (Lipinski definition) is 4. The van der Waals surface area contributed by atoms with Crippen LogP contribution in [0.25, 0.3) is 0 Å². The van der Waals surface area contributed by atoms with Crippen LogP contribution in [0.2, 0.25) is 0 Å². The molecule has 196 valence electrons. The first-order valence-electron chi connectivity index (χ1n) is 12.9. The highest BCUT2D eigenvalue weighted by Crippen LogP contribution is 2.41. The predicted octanol–water partition coefficient (Wildman–Crippen LogP) is 4.42. The van der Waals surface area contributed by atoms with Gasteiger partial charge in [-0.2, -0.15) is 5.26 Å². The fourth-order valence-corrected chi connectivity index (χ4v) is 5.65. The molecule has 8 heteroatoms. The maximum Gasteiger partial charge on any atom is 0.405 e. The first kappa shape index (κ1) is 25.7. The van der Waals surface area contributed by atoms with Gasteiger partial charge < -0.3 is 19.9 Å². The van der Waals surface area contributed by atoms with Crippen LogP contribution in [0.5, 0.6) is 0 Å². The lowest BCUT2D eigenvalue weighted by atomic mass is 9.76. The van der Waals surface area contributed by atoms with E-state index in [2.05, 4.69) is 52.8 Å². The van der Waals surface area contributed by atoms with Crippen molar-refractivity contribution in [3.8, 4) is 6.07 Å². The molecule has 2 amide bonds. The number of likely N-dealkylation sites (tertiary alicyclic amines) is 1. The SMILES string of the molecule is N#C[C@@H]1CCCN1C(=O)C(Cc1cncn1C(c1ccccc1)(c1ccccc1)c1ccccc1)NC(=O)O. The molecular formula is C31H29N5O3. The number of amides is 2. The van der Waals surface area contributed by atoms with Crippen molar-refractivity contribution in [1.82, 2.24) is 19.8 Å². The minimum absolute atomic E-state index is 0.0635. The van der Waals surface area contributed by atoms with Crippen LogP contribution in [0.3, 0.4) is 0 Å². The molecule has 1 aliphatic heterocycles. The van der Waals surface area contributed by atoms with Gasteiger partial charge in [0.05, 0.1) is 12.4 Å². The highest BCUT2D eigenvalue weighted by atomic mass is 16.4. The molecule has 0 bridgehead atoms. The normalized spacial score (nSPS) is 15.9. The second-order valence-corrected chi connectivity index (χ2v) is 9.59. The van der Waals surface area contributed by atoms with E-state index < -0.39 is 29.6 Å². The molecule has 39 heavy (non-hydrogen) atoms. The number of nitriles is 1. The Bertz CT molecular complexity index is 1370. The first-order valence-corrected chi connectivity index (χ1v) is 12.9. The molecule has 0 saturated carbocycles. The van der Waals surface area contributed by atoms with E-state index in [0.29, 0.717) is 25.1 Å². The monoisotopic (exact) mass is 519 g/mol. The summed E-state index contributed by atoms with van der Waals surface area (Å²) in [6.45, 7) is 0.427. The van der Waals surface area contributed by atoms with Gasteiger partial charge in [-0.05, 0) is 29.5 Å². The molecule has 2 N–H and O–H groups in total. The lowest BCUT2D eigenvalue weighted by Crippen LogP contribution is -2.51. The molecule has 1 fully saturated rings. The third-order valence-corrected chi connectivity index (χ3v) is 7.35. The Morgan fingerprint density at radius 1 is 0.974 bits per heavy atom. The predicted molar refractivity (Wildman–Crippen MR) is 146 cm³/mol. The first-order chi connectivity index (χ1) is 19.1. The molecule has 1 aromatic heterocycles. The van der Waals surface area contributed by atoms with Gasteiger partial charge in [0.25, 0.3) is 0 Å². The van der Waals surface area contributed by atoms with E-state index in [1.165, 1.54) is 4.90 Å². The lowest BCUT2D eigenvalue weighted by Gasteiger charge is -2.39. The topological polar surface area (TPSA) is 111 Å². The van der Waals surface area contributed by atoms with Crippen LogP contribution in [0.15, 0.2) is 104 Å². The number of nitrogens with zero attached hydrogens (tertiary/aromatic N) is 4. The molecular weight excluding hydrogens is 490 g/mol. The van der Waals surface area contributed by atoms with Crippen LogP contribution >= 0.6 is 0 Å². The third kappa shape index (κ3) is 4.87. The Morgan fingerprint density at radius 3 is 2.00 bits per heavy atom. The molecule has 1 aliphatic rings. The number of carbonyl (C=O) groups excluding carboxylic acids is 1. The number of hydrogen-bond donors (Lipinski definition) is 2. The summed E-state index contributed by atoms with van der Waals surface area (Å²) in [5.74, 6) is -0.404. The van der Waals surface area contributed by atoms with Gasteiger partial charge in [0.2, 0.25) is 5.91 Å². The van der Waals surface area contributed by atoms with Gasteiger partial charge in [-0.15, -0.1) is 0 Å². The lowest BCUT2D eigenvalue weighted by molar-refractivity contribution is -0.133. The summed E-state index contributed by atoms with van der Waals surface area (Å²) >= 11 is 0. The summed E-state index contributed by atoms with van der Waals surface area (Å²) in [6, 6.07) is 30.7. The maximum atomic E-state index is 13.6. The van der Waals surface area contributed by atoms with Crippen LogP contribution in [0.1, 0.15) is 35.2 Å². The summed E-state index contributed by atoms with van der Waals surface area (Å²) in [6.07, 6.45) is 3.47. The van der Waals surface area contributed by atoms with Crippen molar-refractivity contribution < 1.29 is 14.7 Å². The largest absolute Gasteiger partial charge is 0.465 e. The quantitative estimate of drug-likeness (QED) is 0.335. The molecule has 0 radical (unpaired) electrons. The molecule has 4 aromatic rings. The van der Waals surface area contributed by atoms with Gasteiger partial charge >= 0.3 is 6.09 Å². The van der Waals surface area contributed by atoms with Crippen molar-refractivity contribution in [2.24, 2.45) is 0 Å². The second-order valence-electron chi connectivity index (χ2n) is 9.59. The molecule has 0 spiro atoms. The fourth-order valence-electron chi connectivity index (χ4n) is 5.65. The Labute approximate surface area is 227 Å². The van der Waals surface area contributed by atoms with Gasteiger partial charge in [0.15, 0.2) is 0 Å². The maximum absolute atomic E-state index is 13.6. The number of nitrogens with one attached hydrogen (secondary N) is 1. The zero-order valence-electron chi connectivity index (χ0n) is 21.4. The summed E-state index contributed by atoms with van der Waals surface area (Å²) < 4.78 is 2.03. The third-order valence-electron chi connectivity index (χ3n) is 7.35. The van der Waals surface area contributed by atoms with Crippen molar-refractivity contribution in [3.05, 3.63) is 126 Å². The summed E-state index contributed by atoms with van der Waals surface area (Å²) in [7, 11) is 0. The average molecular weight is 520 g/mol. The van der Waals surface area contributed by atoms with E-state index in [9.17, 15) is 20.0 Å². The standard InChI is InChI=1S/C31H29N5O3/c32-20-26-17-10-18-35(26)29(37)28(34-30(38)39)19-27-21-33-22-36(27)31(23-11-4-1-5-12-23,24-13-6-2-7-14-24)25-15-8-3-9-16-25/h1-9,11-16,21-22,26,28,34H,10,17-19H2,(H,38,39)/t26-,28?/m0/s1.